The number of hydrogen-bond donors (Lipinski definition) is 4. The Morgan fingerprint density at radius 1 is 1.36 bits per heavy atom. The molecule has 1 heterocycles. The Morgan fingerprint density at radius 2 is 2.14 bits per heavy atom. The zero-order valence-corrected chi connectivity index (χ0v) is 13.7. The van der Waals surface area contributed by atoms with Crippen molar-refractivity contribution in [1.82, 2.24) is 4.98 Å². The van der Waals surface area contributed by atoms with E-state index in [2.05, 4.69) is 15.6 Å². The molecule has 0 bridgehead atoms. The molecule has 0 saturated carbocycles. The summed E-state index contributed by atoms with van der Waals surface area (Å²) in [4.78, 5) is 15.0. The molecule has 1 aromatic heterocycles. The number of aromatic nitrogens is 1. The van der Waals surface area contributed by atoms with Gasteiger partial charge < -0.3 is 15.7 Å². The van der Waals surface area contributed by atoms with Crippen LogP contribution in [-0.4, -0.2) is 34.9 Å². The van der Waals surface area contributed by atoms with Crippen LogP contribution >= 0.6 is 35.1 Å². The van der Waals surface area contributed by atoms with E-state index in [-0.39, 0.29) is 6.54 Å². The van der Waals surface area contributed by atoms with Gasteiger partial charge in [0.15, 0.2) is 0 Å². The van der Waals surface area contributed by atoms with E-state index >= 15 is 0 Å². The molecular weight excluding hydrogens is 347 g/mol. The SMILES string of the molecule is NSCCNc1cc(NCC(=O)O)nc2c(Cl)c(Cl)ccc12. The van der Waals surface area contributed by atoms with E-state index in [1.165, 1.54) is 11.9 Å². The van der Waals surface area contributed by atoms with E-state index in [4.69, 9.17) is 33.4 Å². The molecule has 0 aliphatic rings. The number of carboxylic acid groups (broad SMARTS) is 1. The quantitative estimate of drug-likeness (QED) is 0.444. The Bertz CT molecular complexity index is 699. The van der Waals surface area contributed by atoms with Crippen LogP contribution in [0, 0.1) is 0 Å². The summed E-state index contributed by atoms with van der Waals surface area (Å²) in [6.07, 6.45) is 0. The summed E-state index contributed by atoms with van der Waals surface area (Å²) in [6.45, 7) is 0.410. The third kappa shape index (κ3) is 4.07. The molecule has 22 heavy (non-hydrogen) atoms. The Labute approximate surface area is 141 Å². The molecule has 0 spiro atoms. The van der Waals surface area contributed by atoms with Crippen molar-refractivity contribution in [2.24, 2.45) is 5.14 Å². The van der Waals surface area contributed by atoms with Crippen molar-refractivity contribution in [3.05, 3.63) is 28.2 Å². The first kappa shape index (κ1) is 17.0. The molecule has 0 radical (unpaired) electrons. The fraction of sp³-hybridized carbons (Fsp3) is 0.231. The number of anilines is 2. The number of rotatable bonds is 7. The van der Waals surface area contributed by atoms with Gasteiger partial charge in [-0.05, 0) is 12.1 Å². The topological polar surface area (TPSA) is 100 Å². The fourth-order valence-corrected chi connectivity index (χ4v) is 2.46. The van der Waals surface area contributed by atoms with Gasteiger partial charge in [-0.15, -0.1) is 0 Å². The molecule has 0 atom stereocenters. The number of benzene rings is 1. The lowest BCUT2D eigenvalue weighted by atomic mass is 10.1. The van der Waals surface area contributed by atoms with E-state index < -0.39 is 5.97 Å². The van der Waals surface area contributed by atoms with Crippen LogP contribution in [0.25, 0.3) is 10.9 Å². The first-order valence-corrected chi connectivity index (χ1v) is 8.13. The third-order valence-corrected chi connectivity index (χ3v) is 4.06. The molecule has 2 aromatic rings. The summed E-state index contributed by atoms with van der Waals surface area (Å²) in [6, 6.07) is 5.24. The lowest BCUT2D eigenvalue weighted by Gasteiger charge is -2.13. The second kappa shape index (κ2) is 7.73. The standard InChI is InChI=1S/C13H14Cl2N4O2S/c14-8-2-1-7-9(17-3-4-22-16)5-10(18-6-11(20)21)19-13(7)12(8)15/h1-2,5H,3-4,6,16H2,(H,20,21)(H2,17,18,19). The maximum atomic E-state index is 10.7. The number of aliphatic carboxylic acids is 1. The first-order valence-electron chi connectivity index (χ1n) is 6.33. The zero-order valence-electron chi connectivity index (χ0n) is 11.4. The van der Waals surface area contributed by atoms with E-state index in [9.17, 15) is 4.79 Å². The molecule has 0 saturated heterocycles. The molecule has 0 amide bonds. The second-order valence-electron chi connectivity index (χ2n) is 4.36. The second-order valence-corrected chi connectivity index (χ2v) is 5.88. The number of nitrogens with one attached hydrogen (secondary N) is 2. The van der Waals surface area contributed by atoms with Gasteiger partial charge in [-0.25, -0.2) is 4.98 Å². The smallest absolute Gasteiger partial charge is 0.322 e. The van der Waals surface area contributed by atoms with Crippen LogP contribution in [0.5, 0.6) is 0 Å². The van der Waals surface area contributed by atoms with Gasteiger partial charge in [0.1, 0.15) is 12.4 Å². The Hall–Kier alpha value is -1.41. The van der Waals surface area contributed by atoms with Crippen molar-refractivity contribution in [1.29, 1.82) is 0 Å². The van der Waals surface area contributed by atoms with Crippen LogP contribution in [0.15, 0.2) is 18.2 Å². The monoisotopic (exact) mass is 360 g/mol. The predicted octanol–water partition coefficient (Wildman–Crippen LogP) is 3.06. The van der Waals surface area contributed by atoms with Crippen molar-refractivity contribution in [3.63, 3.8) is 0 Å². The maximum Gasteiger partial charge on any atom is 0.322 e. The lowest BCUT2D eigenvalue weighted by molar-refractivity contribution is -0.134. The number of carbonyl (C=O) groups is 1. The summed E-state index contributed by atoms with van der Waals surface area (Å²) in [5.74, 6) is 0.151. The lowest BCUT2D eigenvalue weighted by Crippen LogP contribution is -2.14. The van der Waals surface area contributed by atoms with Crippen LogP contribution in [0.2, 0.25) is 10.0 Å². The number of nitrogens with two attached hydrogens (primary N) is 1. The molecule has 118 valence electrons. The summed E-state index contributed by atoms with van der Waals surface area (Å²) in [5.41, 5.74) is 1.29. The number of fused-ring (bicyclic) bond motifs is 1. The third-order valence-electron chi connectivity index (χ3n) is 2.83. The van der Waals surface area contributed by atoms with Gasteiger partial charge in [-0.2, -0.15) is 0 Å². The van der Waals surface area contributed by atoms with E-state index in [1.54, 1.807) is 12.1 Å². The average Bonchev–Trinajstić information content (AvgIpc) is 2.49. The highest BCUT2D eigenvalue weighted by molar-refractivity contribution is 7.97. The van der Waals surface area contributed by atoms with Gasteiger partial charge in [-0.1, -0.05) is 35.1 Å². The highest BCUT2D eigenvalue weighted by atomic mass is 35.5. The molecule has 0 unspecified atom stereocenters. The highest BCUT2D eigenvalue weighted by Crippen LogP contribution is 2.34. The minimum Gasteiger partial charge on any atom is -0.480 e. The van der Waals surface area contributed by atoms with Crippen molar-refractivity contribution in [2.75, 3.05) is 29.5 Å². The molecule has 5 N–H and O–H groups in total. The van der Waals surface area contributed by atoms with Crippen molar-refractivity contribution < 1.29 is 9.90 Å². The van der Waals surface area contributed by atoms with E-state index in [0.29, 0.717) is 27.9 Å². The number of nitrogens with zero attached hydrogens (tertiary/aromatic N) is 1. The maximum absolute atomic E-state index is 10.7. The predicted molar refractivity (Wildman–Crippen MR) is 93.0 cm³/mol. The summed E-state index contributed by atoms with van der Waals surface area (Å²) < 4.78 is 0. The molecule has 0 fully saturated rings. The zero-order chi connectivity index (χ0) is 16.1. The Balaban J connectivity index is 2.44. The van der Waals surface area contributed by atoms with Gasteiger partial charge in [-0.3, -0.25) is 9.93 Å². The minimum atomic E-state index is -0.979. The summed E-state index contributed by atoms with van der Waals surface area (Å²) in [7, 11) is 0. The Kier molecular flexibility index (Phi) is 5.96. The van der Waals surface area contributed by atoms with Crippen molar-refractivity contribution >= 4 is 63.5 Å². The van der Waals surface area contributed by atoms with E-state index in [1.807, 2.05) is 6.07 Å². The average molecular weight is 361 g/mol. The summed E-state index contributed by atoms with van der Waals surface area (Å²) in [5, 5.41) is 21.7. The van der Waals surface area contributed by atoms with E-state index in [0.717, 1.165) is 16.8 Å². The molecule has 9 heteroatoms. The number of carboxylic acids is 1. The first-order chi connectivity index (χ1) is 10.5. The van der Waals surface area contributed by atoms with Gasteiger partial charge in [0.25, 0.3) is 0 Å². The van der Waals surface area contributed by atoms with Crippen LogP contribution in [0.1, 0.15) is 0 Å². The molecule has 1 aromatic carbocycles. The molecule has 0 aliphatic carbocycles. The van der Waals surface area contributed by atoms with Crippen LogP contribution < -0.4 is 15.8 Å². The Morgan fingerprint density at radius 3 is 2.82 bits per heavy atom. The van der Waals surface area contributed by atoms with Gasteiger partial charge in [0.05, 0.1) is 15.6 Å². The number of pyridine rings is 1. The van der Waals surface area contributed by atoms with Crippen LogP contribution in [-0.2, 0) is 4.79 Å². The van der Waals surface area contributed by atoms with Crippen molar-refractivity contribution in [3.8, 4) is 0 Å². The van der Waals surface area contributed by atoms with Gasteiger partial charge >= 0.3 is 5.97 Å². The van der Waals surface area contributed by atoms with Crippen LogP contribution in [0.4, 0.5) is 11.5 Å². The normalized spacial score (nSPS) is 10.7. The van der Waals surface area contributed by atoms with Gasteiger partial charge in [0, 0.05) is 29.4 Å². The fourth-order valence-electron chi connectivity index (χ4n) is 1.88. The minimum absolute atomic E-state index is 0.241. The number of hydrogen-bond acceptors (Lipinski definition) is 6. The summed E-state index contributed by atoms with van der Waals surface area (Å²) >= 11 is 13.5. The van der Waals surface area contributed by atoms with Crippen LogP contribution in [0.3, 0.4) is 0 Å². The van der Waals surface area contributed by atoms with Crippen molar-refractivity contribution in [2.45, 2.75) is 0 Å². The van der Waals surface area contributed by atoms with Gasteiger partial charge in [0.2, 0.25) is 0 Å². The molecular formula is C13H14Cl2N4O2S. The molecule has 6 nitrogen and oxygen atoms in total. The highest BCUT2D eigenvalue weighted by Gasteiger charge is 2.11. The number of halogens is 2. The molecule has 2 rings (SSSR count). The molecule has 0 aliphatic heterocycles. The largest absolute Gasteiger partial charge is 0.480 e.